The Labute approximate surface area is 158 Å². The number of amides is 1. The first-order valence-corrected chi connectivity index (χ1v) is 10.3. The van der Waals surface area contributed by atoms with E-state index in [4.69, 9.17) is 4.74 Å². The summed E-state index contributed by atoms with van der Waals surface area (Å²) in [5.74, 6) is 0.254. The fraction of sp³-hybridized carbons (Fsp3) is 0.316. The molecular weight excluding hydrogens is 371 g/mol. The summed E-state index contributed by atoms with van der Waals surface area (Å²) in [6.07, 6.45) is 1.43. The van der Waals surface area contributed by atoms with Crippen LogP contribution in [0, 0.1) is 5.82 Å². The summed E-state index contributed by atoms with van der Waals surface area (Å²) < 4.78 is 43.5. The average molecular weight is 392 g/mol. The van der Waals surface area contributed by atoms with Crippen LogP contribution in [0.4, 0.5) is 15.8 Å². The summed E-state index contributed by atoms with van der Waals surface area (Å²) in [4.78, 5) is 12.0. The van der Waals surface area contributed by atoms with Gasteiger partial charge in [-0.05, 0) is 61.4 Å². The minimum atomic E-state index is -3.21. The highest BCUT2D eigenvalue weighted by atomic mass is 32.2. The van der Waals surface area contributed by atoms with E-state index in [0.717, 1.165) is 0 Å². The van der Waals surface area contributed by atoms with Crippen LogP contribution < -0.4 is 14.4 Å². The molecule has 8 heteroatoms. The van der Waals surface area contributed by atoms with Gasteiger partial charge in [0.05, 0.1) is 18.0 Å². The largest absolute Gasteiger partial charge is 0.494 e. The Kier molecular flexibility index (Phi) is 5.95. The van der Waals surface area contributed by atoms with Gasteiger partial charge in [0.15, 0.2) is 0 Å². The SMILES string of the molecule is O=C(CCCOc1ccc(F)cc1)Nc1ccc(N2CCCS2(=O)=O)cc1. The molecule has 0 aromatic heterocycles. The van der Waals surface area contributed by atoms with Gasteiger partial charge in [-0.3, -0.25) is 9.10 Å². The van der Waals surface area contributed by atoms with E-state index >= 15 is 0 Å². The number of nitrogens with one attached hydrogen (secondary N) is 1. The van der Waals surface area contributed by atoms with Crippen molar-refractivity contribution >= 4 is 27.3 Å². The first-order chi connectivity index (χ1) is 12.9. The number of hydrogen-bond acceptors (Lipinski definition) is 4. The Bertz CT molecular complexity index is 883. The summed E-state index contributed by atoms with van der Waals surface area (Å²) in [5, 5.41) is 2.77. The number of halogens is 1. The number of hydrogen-bond donors (Lipinski definition) is 1. The van der Waals surface area contributed by atoms with E-state index < -0.39 is 10.0 Å². The van der Waals surface area contributed by atoms with Gasteiger partial charge in [0.1, 0.15) is 11.6 Å². The van der Waals surface area contributed by atoms with Gasteiger partial charge in [-0.15, -0.1) is 0 Å². The molecule has 1 aliphatic heterocycles. The molecule has 1 saturated heterocycles. The van der Waals surface area contributed by atoms with Crippen LogP contribution >= 0.6 is 0 Å². The maximum atomic E-state index is 12.8. The van der Waals surface area contributed by atoms with Gasteiger partial charge >= 0.3 is 0 Å². The van der Waals surface area contributed by atoms with E-state index in [2.05, 4.69) is 5.32 Å². The van der Waals surface area contributed by atoms with Crippen LogP contribution in [-0.2, 0) is 14.8 Å². The average Bonchev–Trinajstić information content (AvgIpc) is 3.00. The van der Waals surface area contributed by atoms with Crippen molar-refractivity contribution in [3.05, 3.63) is 54.3 Å². The van der Waals surface area contributed by atoms with Gasteiger partial charge in [-0.25, -0.2) is 12.8 Å². The van der Waals surface area contributed by atoms with Crippen LogP contribution in [0.3, 0.4) is 0 Å². The van der Waals surface area contributed by atoms with Gasteiger partial charge in [0.25, 0.3) is 0 Å². The molecule has 0 bridgehead atoms. The minimum Gasteiger partial charge on any atom is -0.494 e. The second-order valence-corrected chi connectivity index (χ2v) is 8.26. The molecule has 1 aliphatic rings. The van der Waals surface area contributed by atoms with Crippen molar-refractivity contribution in [1.82, 2.24) is 0 Å². The molecule has 0 radical (unpaired) electrons. The molecule has 3 rings (SSSR count). The lowest BCUT2D eigenvalue weighted by Gasteiger charge is -2.17. The summed E-state index contributed by atoms with van der Waals surface area (Å²) in [7, 11) is -3.21. The predicted octanol–water partition coefficient (Wildman–Crippen LogP) is 3.16. The zero-order chi connectivity index (χ0) is 19.3. The van der Waals surface area contributed by atoms with Crippen LogP contribution in [0.1, 0.15) is 19.3 Å². The summed E-state index contributed by atoms with van der Waals surface area (Å²) in [6, 6.07) is 12.5. The van der Waals surface area contributed by atoms with Gasteiger partial charge in [0, 0.05) is 18.7 Å². The van der Waals surface area contributed by atoms with Gasteiger partial charge in [-0.1, -0.05) is 0 Å². The predicted molar refractivity (Wildman–Crippen MR) is 102 cm³/mol. The van der Waals surface area contributed by atoms with Crippen LogP contribution in [0.15, 0.2) is 48.5 Å². The minimum absolute atomic E-state index is 0.153. The maximum absolute atomic E-state index is 12.8. The molecule has 0 unspecified atom stereocenters. The standard InChI is InChI=1S/C19H21FN2O4S/c20-15-4-10-18(11-5-15)26-13-1-3-19(23)21-16-6-8-17(9-7-16)22-12-2-14-27(22,24)25/h4-11H,1-3,12-14H2,(H,21,23). The third kappa shape index (κ3) is 5.19. The van der Waals surface area contributed by atoms with E-state index in [-0.39, 0.29) is 23.9 Å². The van der Waals surface area contributed by atoms with E-state index in [0.29, 0.717) is 43.1 Å². The lowest BCUT2D eigenvalue weighted by Crippen LogP contribution is -2.25. The van der Waals surface area contributed by atoms with E-state index in [9.17, 15) is 17.6 Å². The Balaban J connectivity index is 1.43. The van der Waals surface area contributed by atoms with E-state index in [1.54, 1.807) is 24.3 Å². The highest BCUT2D eigenvalue weighted by molar-refractivity contribution is 7.93. The molecule has 6 nitrogen and oxygen atoms in total. The number of sulfonamides is 1. The smallest absolute Gasteiger partial charge is 0.235 e. The third-order valence-corrected chi connectivity index (χ3v) is 6.04. The fourth-order valence-corrected chi connectivity index (χ4v) is 4.38. The molecule has 2 aromatic carbocycles. The van der Waals surface area contributed by atoms with Crippen molar-refractivity contribution in [3.8, 4) is 5.75 Å². The highest BCUT2D eigenvalue weighted by Crippen LogP contribution is 2.25. The summed E-state index contributed by atoms with van der Waals surface area (Å²) in [6.45, 7) is 0.840. The van der Waals surface area contributed by atoms with Crippen LogP contribution in [-0.4, -0.2) is 33.2 Å². The Hall–Kier alpha value is -2.61. The van der Waals surface area contributed by atoms with Crippen LogP contribution in [0.2, 0.25) is 0 Å². The van der Waals surface area contributed by atoms with E-state index in [1.807, 2.05) is 0 Å². The van der Waals surface area contributed by atoms with Crippen molar-refractivity contribution in [3.63, 3.8) is 0 Å². The topological polar surface area (TPSA) is 75.7 Å². The molecule has 0 atom stereocenters. The molecular formula is C19H21FN2O4S. The first-order valence-electron chi connectivity index (χ1n) is 8.73. The van der Waals surface area contributed by atoms with E-state index in [1.165, 1.54) is 28.6 Å². The van der Waals surface area contributed by atoms with Crippen LogP contribution in [0.25, 0.3) is 0 Å². The van der Waals surface area contributed by atoms with Crippen molar-refractivity contribution in [2.75, 3.05) is 28.5 Å². The number of carbonyl (C=O) groups excluding carboxylic acids is 1. The van der Waals surface area contributed by atoms with Crippen molar-refractivity contribution in [1.29, 1.82) is 0 Å². The zero-order valence-electron chi connectivity index (χ0n) is 14.7. The molecule has 0 saturated carbocycles. The van der Waals surface area contributed by atoms with Gasteiger partial charge in [0.2, 0.25) is 15.9 Å². The van der Waals surface area contributed by atoms with Crippen molar-refractivity contribution in [2.24, 2.45) is 0 Å². The lowest BCUT2D eigenvalue weighted by atomic mass is 10.2. The number of benzene rings is 2. The summed E-state index contributed by atoms with van der Waals surface area (Å²) >= 11 is 0. The first kappa shape index (κ1) is 19.2. The third-order valence-electron chi connectivity index (χ3n) is 4.17. The lowest BCUT2D eigenvalue weighted by molar-refractivity contribution is -0.116. The number of anilines is 2. The molecule has 0 aliphatic carbocycles. The summed E-state index contributed by atoms with van der Waals surface area (Å²) in [5.41, 5.74) is 1.22. The number of ether oxygens (including phenoxy) is 1. The molecule has 144 valence electrons. The Morgan fingerprint density at radius 3 is 2.44 bits per heavy atom. The van der Waals surface area contributed by atoms with Crippen molar-refractivity contribution in [2.45, 2.75) is 19.3 Å². The quantitative estimate of drug-likeness (QED) is 0.735. The van der Waals surface area contributed by atoms with Crippen molar-refractivity contribution < 1.29 is 22.3 Å². The molecule has 0 spiro atoms. The Morgan fingerprint density at radius 2 is 1.81 bits per heavy atom. The highest BCUT2D eigenvalue weighted by Gasteiger charge is 2.28. The van der Waals surface area contributed by atoms with Gasteiger partial charge < -0.3 is 10.1 Å². The zero-order valence-corrected chi connectivity index (χ0v) is 15.5. The normalized spacial score (nSPS) is 15.5. The molecule has 1 fully saturated rings. The monoisotopic (exact) mass is 392 g/mol. The van der Waals surface area contributed by atoms with Crippen LogP contribution in [0.5, 0.6) is 5.75 Å². The molecule has 1 heterocycles. The molecule has 2 aromatic rings. The number of carbonyl (C=O) groups is 1. The molecule has 1 amide bonds. The number of rotatable bonds is 7. The second kappa shape index (κ2) is 8.39. The maximum Gasteiger partial charge on any atom is 0.235 e. The van der Waals surface area contributed by atoms with Gasteiger partial charge in [-0.2, -0.15) is 0 Å². The number of nitrogens with zero attached hydrogens (tertiary/aromatic N) is 1. The molecule has 1 N–H and O–H groups in total. The molecule has 27 heavy (non-hydrogen) atoms. The fourth-order valence-electron chi connectivity index (χ4n) is 2.82. The second-order valence-electron chi connectivity index (χ2n) is 6.24. The Morgan fingerprint density at radius 1 is 1.11 bits per heavy atom.